The maximum Gasteiger partial charge on any atom is 0.295 e. The summed E-state index contributed by atoms with van der Waals surface area (Å²) in [6, 6.07) is 13.2. The Morgan fingerprint density at radius 1 is 1.23 bits per heavy atom. The smallest absolute Gasteiger partial charge is 0.295 e. The molecule has 1 heterocycles. The molecule has 0 saturated carbocycles. The molecule has 0 bridgehead atoms. The summed E-state index contributed by atoms with van der Waals surface area (Å²) in [5.41, 5.74) is 4.90. The first-order valence-electron chi connectivity index (χ1n) is 10.1. The molecule has 158 valence electrons. The number of hydrogen-bond acceptors (Lipinski definition) is 4. The molecular weight excluding hydrogens is 400 g/mol. The zero-order valence-corrected chi connectivity index (χ0v) is 17.7. The number of hydrogen-bond donors (Lipinski definition) is 2. The molecule has 0 unspecified atom stereocenters. The van der Waals surface area contributed by atoms with Crippen LogP contribution in [0.15, 0.2) is 60.2 Å². The highest BCUT2D eigenvalue weighted by molar-refractivity contribution is 6.30. The molecule has 30 heavy (non-hydrogen) atoms. The molecule has 2 N–H and O–H groups in total. The van der Waals surface area contributed by atoms with E-state index in [0.29, 0.717) is 24.1 Å². The van der Waals surface area contributed by atoms with Gasteiger partial charge < -0.3 is 10.0 Å². The first kappa shape index (κ1) is 22.0. The number of allylic oxidation sites excluding steroid dienone is 1. The third-order valence-electron chi connectivity index (χ3n) is 5.18. The number of piperazine rings is 1. The average Bonchev–Trinajstić information content (AvgIpc) is 2.74. The lowest BCUT2D eigenvalue weighted by Gasteiger charge is -2.31. The minimum atomic E-state index is -0.151. The molecule has 2 aromatic rings. The number of nitrogens with zero attached hydrogens (tertiary/aromatic N) is 2. The van der Waals surface area contributed by atoms with Gasteiger partial charge in [-0.25, -0.2) is 5.43 Å². The SMILES string of the molecule is C=CCc1cccc(C=NNC(=O)C[NH+]2CCN(Cc3ccc(Cl)cc3)CC2)c1[O-]. The Labute approximate surface area is 182 Å². The number of hydrazone groups is 1. The molecule has 2 aromatic carbocycles. The normalized spacial score (nSPS) is 15.4. The summed E-state index contributed by atoms with van der Waals surface area (Å²) in [5.74, 6) is -0.236. The van der Waals surface area contributed by atoms with Gasteiger partial charge in [0, 0.05) is 24.7 Å². The molecule has 0 aliphatic carbocycles. The van der Waals surface area contributed by atoms with Gasteiger partial charge in [0.15, 0.2) is 6.54 Å². The van der Waals surface area contributed by atoms with Crippen LogP contribution in [-0.2, 0) is 17.8 Å². The summed E-state index contributed by atoms with van der Waals surface area (Å²) in [6.45, 7) is 8.59. The summed E-state index contributed by atoms with van der Waals surface area (Å²) in [4.78, 5) is 15.8. The standard InChI is InChI=1S/C23H27ClN4O2/c1-2-4-19-5-3-6-20(23(19)30)15-25-26-22(29)17-28-13-11-27(12-14-28)16-18-7-9-21(24)10-8-18/h2-3,5-10,15,30H,1,4,11-14,16-17H2,(H,26,29). The van der Waals surface area contributed by atoms with Gasteiger partial charge in [0.05, 0.1) is 19.3 Å². The van der Waals surface area contributed by atoms with Crippen LogP contribution in [0.1, 0.15) is 16.7 Å². The second-order valence-electron chi connectivity index (χ2n) is 7.45. The van der Waals surface area contributed by atoms with Crippen LogP contribution in [-0.4, -0.2) is 49.7 Å². The van der Waals surface area contributed by atoms with E-state index >= 15 is 0 Å². The minimum absolute atomic E-state index is 0.0853. The molecule has 6 nitrogen and oxygen atoms in total. The van der Waals surface area contributed by atoms with Crippen molar-refractivity contribution in [1.82, 2.24) is 10.3 Å². The van der Waals surface area contributed by atoms with Crippen LogP contribution in [0, 0.1) is 0 Å². The maximum absolute atomic E-state index is 12.3. The van der Waals surface area contributed by atoms with Crippen molar-refractivity contribution in [3.63, 3.8) is 0 Å². The van der Waals surface area contributed by atoms with Crippen LogP contribution in [0.25, 0.3) is 0 Å². The van der Waals surface area contributed by atoms with Gasteiger partial charge in [-0.05, 0) is 29.7 Å². The van der Waals surface area contributed by atoms with Crippen molar-refractivity contribution in [2.24, 2.45) is 5.10 Å². The topological polar surface area (TPSA) is 72.2 Å². The number of quaternary nitrogens is 1. The predicted octanol–water partition coefficient (Wildman–Crippen LogP) is 0.993. The number of benzene rings is 2. The molecule has 0 atom stereocenters. The Morgan fingerprint density at radius 2 is 1.97 bits per heavy atom. The Kier molecular flexibility index (Phi) is 8.02. The van der Waals surface area contributed by atoms with E-state index < -0.39 is 0 Å². The number of halogens is 1. The Bertz CT molecular complexity index is 891. The van der Waals surface area contributed by atoms with Crippen molar-refractivity contribution in [2.75, 3.05) is 32.7 Å². The van der Waals surface area contributed by atoms with E-state index in [1.54, 1.807) is 24.3 Å². The summed E-state index contributed by atoms with van der Waals surface area (Å²) < 4.78 is 0. The maximum atomic E-state index is 12.3. The highest BCUT2D eigenvalue weighted by Gasteiger charge is 2.22. The van der Waals surface area contributed by atoms with Crippen molar-refractivity contribution < 1.29 is 14.8 Å². The Morgan fingerprint density at radius 3 is 2.67 bits per heavy atom. The molecule has 0 spiro atoms. The molecule has 7 heteroatoms. The van der Waals surface area contributed by atoms with E-state index in [9.17, 15) is 9.90 Å². The average molecular weight is 427 g/mol. The molecule has 0 radical (unpaired) electrons. The lowest BCUT2D eigenvalue weighted by molar-refractivity contribution is -0.896. The lowest BCUT2D eigenvalue weighted by atomic mass is 10.1. The molecule has 1 fully saturated rings. The van der Waals surface area contributed by atoms with Crippen LogP contribution < -0.4 is 15.4 Å². The van der Waals surface area contributed by atoms with Crippen molar-refractivity contribution in [3.8, 4) is 5.75 Å². The van der Waals surface area contributed by atoms with Gasteiger partial charge >= 0.3 is 0 Å². The highest BCUT2D eigenvalue weighted by atomic mass is 35.5. The molecule has 3 rings (SSSR count). The zero-order valence-electron chi connectivity index (χ0n) is 16.9. The Hall–Kier alpha value is -2.67. The molecule has 1 aliphatic heterocycles. The quantitative estimate of drug-likeness (QED) is 0.375. The van der Waals surface area contributed by atoms with Crippen LogP contribution in [0.3, 0.4) is 0 Å². The second-order valence-corrected chi connectivity index (χ2v) is 7.89. The monoisotopic (exact) mass is 426 g/mol. The van der Waals surface area contributed by atoms with Crippen molar-refractivity contribution in [1.29, 1.82) is 0 Å². The number of amides is 1. The fourth-order valence-electron chi connectivity index (χ4n) is 3.52. The van der Waals surface area contributed by atoms with Crippen molar-refractivity contribution >= 4 is 23.7 Å². The predicted molar refractivity (Wildman–Crippen MR) is 118 cm³/mol. The third-order valence-corrected chi connectivity index (χ3v) is 5.43. The molecular formula is C23H27ClN4O2. The minimum Gasteiger partial charge on any atom is -0.872 e. The van der Waals surface area contributed by atoms with Crippen LogP contribution in [0.4, 0.5) is 0 Å². The van der Waals surface area contributed by atoms with Gasteiger partial charge in [0.25, 0.3) is 5.91 Å². The van der Waals surface area contributed by atoms with Gasteiger partial charge in [-0.1, -0.05) is 59.3 Å². The van der Waals surface area contributed by atoms with Gasteiger partial charge in [0.2, 0.25) is 0 Å². The molecule has 0 aromatic heterocycles. The van der Waals surface area contributed by atoms with E-state index in [-0.39, 0.29) is 11.7 Å². The summed E-state index contributed by atoms with van der Waals surface area (Å²) in [7, 11) is 0. The van der Waals surface area contributed by atoms with Crippen LogP contribution >= 0.6 is 11.6 Å². The fourth-order valence-corrected chi connectivity index (χ4v) is 3.64. The highest BCUT2D eigenvalue weighted by Crippen LogP contribution is 2.18. The first-order valence-corrected chi connectivity index (χ1v) is 10.4. The Balaban J connectivity index is 1.42. The van der Waals surface area contributed by atoms with E-state index in [2.05, 4.69) is 22.0 Å². The van der Waals surface area contributed by atoms with Gasteiger partial charge in [-0.15, -0.1) is 6.58 Å². The number of carbonyl (C=O) groups is 1. The second kappa shape index (κ2) is 10.9. The summed E-state index contributed by atoms with van der Waals surface area (Å²) >= 11 is 5.94. The molecule has 1 amide bonds. The van der Waals surface area contributed by atoms with Crippen molar-refractivity contribution in [2.45, 2.75) is 13.0 Å². The van der Waals surface area contributed by atoms with E-state index in [1.807, 2.05) is 24.3 Å². The first-order chi connectivity index (χ1) is 14.5. The third kappa shape index (κ3) is 6.42. The summed E-state index contributed by atoms with van der Waals surface area (Å²) in [5, 5.41) is 17.0. The fraction of sp³-hybridized carbons (Fsp3) is 0.304. The largest absolute Gasteiger partial charge is 0.872 e. The van der Waals surface area contributed by atoms with Gasteiger partial charge in [-0.2, -0.15) is 5.10 Å². The van der Waals surface area contributed by atoms with Gasteiger partial charge in [0.1, 0.15) is 0 Å². The lowest BCUT2D eigenvalue weighted by Crippen LogP contribution is -3.15. The van der Waals surface area contributed by atoms with Crippen molar-refractivity contribution in [3.05, 3.63) is 76.8 Å². The van der Waals surface area contributed by atoms with E-state index in [4.69, 9.17) is 11.6 Å². The zero-order chi connectivity index (χ0) is 21.3. The number of carbonyl (C=O) groups excluding carboxylic acids is 1. The molecule has 1 saturated heterocycles. The van der Waals surface area contributed by atoms with E-state index in [1.165, 1.54) is 16.7 Å². The van der Waals surface area contributed by atoms with E-state index in [0.717, 1.165) is 37.7 Å². The summed E-state index contributed by atoms with van der Waals surface area (Å²) in [6.07, 6.45) is 3.61. The number of rotatable bonds is 8. The van der Waals surface area contributed by atoms with Gasteiger partial charge in [-0.3, -0.25) is 9.69 Å². The van der Waals surface area contributed by atoms with Crippen LogP contribution in [0.5, 0.6) is 5.75 Å². The molecule has 1 aliphatic rings. The van der Waals surface area contributed by atoms with Crippen LogP contribution in [0.2, 0.25) is 5.02 Å². The number of para-hydroxylation sites is 1. The number of nitrogens with one attached hydrogen (secondary N) is 2.